The van der Waals surface area contributed by atoms with Gasteiger partial charge in [-0.1, -0.05) is 29.8 Å². The number of fused-ring (bicyclic) bond motifs is 1. The van der Waals surface area contributed by atoms with Crippen molar-refractivity contribution in [3.8, 4) is 5.75 Å². The number of hydrogen-bond donors (Lipinski definition) is 0. The van der Waals surface area contributed by atoms with Gasteiger partial charge in [-0.2, -0.15) is 5.10 Å². The van der Waals surface area contributed by atoms with Crippen LogP contribution in [-0.2, 0) is 20.1 Å². The number of hydrogen-bond acceptors (Lipinski definition) is 5. The van der Waals surface area contributed by atoms with E-state index in [0.717, 1.165) is 27.1 Å². The molecule has 0 fully saturated rings. The van der Waals surface area contributed by atoms with E-state index in [9.17, 15) is 9.59 Å². The Hall–Kier alpha value is -3.39. The maximum Gasteiger partial charge on any atom is 0.332 e. The summed E-state index contributed by atoms with van der Waals surface area (Å²) in [5, 5.41) is 4.91. The molecule has 0 unspecified atom stereocenters. The third-order valence-corrected chi connectivity index (χ3v) is 5.35. The minimum absolute atomic E-state index is 0.189. The second-order valence-electron chi connectivity index (χ2n) is 7.04. The second-order valence-corrected chi connectivity index (χ2v) is 7.39. The molecule has 0 radical (unpaired) electrons. The van der Waals surface area contributed by atoms with Crippen molar-refractivity contribution < 1.29 is 4.74 Å². The maximum atomic E-state index is 12.8. The van der Waals surface area contributed by atoms with E-state index in [0.29, 0.717) is 6.54 Å². The summed E-state index contributed by atoms with van der Waals surface area (Å²) in [6.45, 7) is 2.48. The fourth-order valence-electron chi connectivity index (χ4n) is 3.25. The first-order valence-electron chi connectivity index (χ1n) is 9.29. The van der Waals surface area contributed by atoms with Crippen LogP contribution in [0.5, 0.6) is 5.75 Å². The van der Waals surface area contributed by atoms with Crippen molar-refractivity contribution in [1.29, 1.82) is 0 Å². The van der Waals surface area contributed by atoms with Gasteiger partial charge in [0.15, 0.2) is 5.65 Å². The topological polar surface area (TPSA) is 83.9 Å². The van der Waals surface area contributed by atoms with Crippen LogP contribution in [-0.4, -0.2) is 31.0 Å². The van der Waals surface area contributed by atoms with Crippen molar-refractivity contribution in [2.45, 2.75) is 20.0 Å². The first-order chi connectivity index (χ1) is 14.4. The van der Waals surface area contributed by atoms with Crippen LogP contribution in [0.4, 0.5) is 0 Å². The van der Waals surface area contributed by atoms with Gasteiger partial charge in [0.2, 0.25) is 0 Å². The highest BCUT2D eigenvalue weighted by atomic mass is 35.5. The fourth-order valence-corrected chi connectivity index (χ4v) is 3.52. The number of rotatable bonds is 5. The number of aryl methyl sites for hydroxylation is 1. The quantitative estimate of drug-likeness (QED) is 0.490. The Morgan fingerprint density at radius 1 is 1.03 bits per heavy atom. The van der Waals surface area contributed by atoms with Gasteiger partial charge in [-0.25, -0.2) is 9.48 Å². The number of pyridine rings is 1. The van der Waals surface area contributed by atoms with Crippen molar-refractivity contribution in [2.75, 3.05) is 7.11 Å². The van der Waals surface area contributed by atoms with Gasteiger partial charge in [0, 0.05) is 18.9 Å². The molecule has 0 bridgehead atoms. The highest BCUT2D eigenvalue weighted by molar-refractivity contribution is 6.34. The van der Waals surface area contributed by atoms with Crippen LogP contribution >= 0.6 is 11.6 Å². The number of aromatic nitrogens is 5. The molecule has 4 rings (SSSR count). The highest BCUT2D eigenvalue weighted by Crippen LogP contribution is 2.21. The van der Waals surface area contributed by atoms with Crippen LogP contribution in [0.3, 0.4) is 0 Å². The van der Waals surface area contributed by atoms with Crippen molar-refractivity contribution in [1.82, 2.24) is 23.9 Å². The number of ether oxygens (including phenoxy) is 1. The van der Waals surface area contributed by atoms with E-state index in [1.165, 1.54) is 16.3 Å². The van der Waals surface area contributed by atoms with Gasteiger partial charge >= 0.3 is 5.69 Å². The zero-order valence-corrected chi connectivity index (χ0v) is 17.6. The minimum Gasteiger partial charge on any atom is -0.497 e. The molecular weight excluding hydrogens is 406 g/mol. The van der Waals surface area contributed by atoms with Crippen molar-refractivity contribution in [3.63, 3.8) is 0 Å². The smallest absolute Gasteiger partial charge is 0.332 e. The molecule has 0 saturated carbocycles. The Bertz CT molecular complexity index is 1340. The molecule has 0 aliphatic heterocycles. The summed E-state index contributed by atoms with van der Waals surface area (Å²) in [5.41, 5.74) is 1.98. The predicted molar refractivity (Wildman–Crippen MR) is 114 cm³/mol. The summed E-state index contributed by atoms with van der Waals surface area (Å²) in [5.74, 6) is 0.718. The summed E-state index contributed by atoms with van der Waals surface area (Å²) >= 11 is 6.52. The average Bonchev–Trinajstić information content (AvgIpc) is 3.07. The van der Waals surface area contributed by atoms with Gasteiger partial charge in [0.1, 0.15) is 16.3 Å². The Balaban J connectivity index is 1.84. The van der Waals surface area contributed by atoms with Gasteiger partial charge in [-0.05, 0) is 36.2 Å². The first kappa shape index (κ1) is 19.9. The van der Waals surface area contributed by atoms with E-state index in [2.05, 4.69) is 10.1 Å². The third-order valence-electron chi connectivity index (χ3n) is 4.97. The fraction of sp³-hybridized carbons (Fsp3) is 0.238. The molecule has 0 aliphatic rings. The summed E-state index contributed by atoms with van der Waals surface area (Å²) in [6.07, 6.45) is 1.74. The Morgan fingerprint density at radius 3 is 2.37 bits per heavy atom. The van der Waals surface area contributed by atoms with Gasteiger partial charge < -0.3 is 4.74 Å². The van der Waals surface area contributed by atoms with E-state index in [4.69, 9.17) is 16.3 Å². The summed E-state index contributed by atoms with van der Waals surface area (Å²) in [6, 6.07) is 11.2. The van der Waals surface area contributed by atoms with Crippen LogP contribution in [0.1, 0.15) is 16.8 Å². The number of methoxy groups -OCH3 is 1. The molecule has 0 amide bonds. The van der Waals surface area contributed by atoms with E-state index in [1.807, 2.05) is 43.3 Å². The lowest BCUT2D eigenvalue weighted by Gasteiger charge is -2.09. The van der Waals surface area contributed by atoms with Crippen LogP contribution in [0.15, 0.2) is 52.2 Å². The van der Waals surface area contributed by atoms with Gasteiger partial charge in [0.25, 0.3) is 5.56 Å². The molecule has 30 heavy (non-hydrogen) atoms. The second kappa shape index (κ2) is 7.79. The number of nitrogens with zero attached hydrogens (tertiary/aromatic N) is 5. The molecule has 0 N–H and O–H groups in total. The molecule has 0 aliphatic carbocycles. The van der Waals surface area contributed by atoms with Crippen molar-refractivity contribution in [3.05, 3.63) is 85.4 Å². The number of benzene rings is 1. The first-order valence-corrected chi connectivity index (χ1v) is 9.67. The maximum absolute atomic E-state index is 12.8. The zero-order chi connectivity index (χ0) is 21.4. The van der Waals surface area contributed by atoms with Crippen LogP contribution in [0.2, 0.25) is 5.15 Å². The van der Waals surface area contributed by atoms with Crippen molar-refractivity contribution >= 4 is 22.6 Å². The molecule has 0 spiro atoms. The molecule has 0 atom stereocenters. The molecule has 4 aromatic rings. The summed E-state index contributed by atoms with van der Waals surface area (Å²) in [7, 11) is 3.03. The highest BCUT2D eigenvalue weighted by Gasteiger charge is 2.20. The SMILES string of the molecule is COc1ccc(Cn2c(=O)n(C)c(=O)c3c(Cl)n(Cc4ccc(C)nc4)nc32)cc1. The minimum atomic E-state index is -0.473. The molecular formula is C21H20ClN5O3. The normalized spacial score (nSPS) is 11.2. The lowest BCUT2D eigenvalue weighted by molar-refractivity contribution is 0.414. The Kier molecular flexibility index (Phi) is 5.17. The van der Waals surface area contributed by atoms with E-state index < -0.39 is 11.2 Å². The Morgan fingerprint density at radius 2 is 1.73 bits per heavy atom. The van der Waals surface area contributed by atoms with Gasteiger partial charge in [-0.15, -0.1) is 0 Å². The number of halogens is 1. The third kappa shape index (κ3) is 3.50. The zero-order valence-electron chi connectivity index (χ0n) is 16.8. The molecule has 154 valence electrons. The largest absolute Gasteiger partial charge is 0.497 e. The molecule has 8 nitrogen and oxygen atoms in total. The molecule has 3 aromatic heterocycles. The van der Waals surface area contributed by atoms with Crippen LogP contribution < -0.4 is 16.0 Å². The molecule has 3 heterocycles. The van der Waals surface area contributed by atoms with Crippen LogP contribution in [0.25, 0.3) is 11.0 Å². The monoisotopic (exact) mass is 425 g/mol. The van der Waals surface area contributed by atoms with Gasteiger partial charge in [-0.3, -0.25) is 18.9 Å². The van der Waals surface area contributed by atoms with E-state index in [-0.39, 0.29) is 22.7 Å². The van der Waals surface area contributed by atoms with Crippen molar-refractivity contribution in [2.24, 2.45) is 7.05 Å². The molecule has 0 saturated heterocycles. The average molecular weight is 426 g/mol. The summed E-state index contributed by atoms with van der Waals surface area (Å²) in [4.78, 5) is 29.9. The standard InChI is InChI=1S/C21H20ClN5O3/c1-13-4-5-15(10-23-13)12-27-18(22)17-19(24-27)26(21(29)25(2)20(17)28)11-14-6-8-16(30-3)9-7-14/h4-10H,11-12H2,1-3H3. The lowest BCUT2D eigenvalue weighted by atomic mass is 10.2. The molecule has 9 heteroatoms. The van der Waals surface area contributed by atoms with E-state index >= 15 is 0 Å². The molecule has 1 aromatic carbocycles. The van der Waals surface area contributed by atoms with Crippen LogP contribution in [0, 0.1) is 6.92 Å². The summed E-state index contributed by atoms with van der Waals surface area (Å²) < 4.78 is 9.20. The Labute approximate surface area is 176 Å². The lowest BCUT2D eigenvalue weighted by Crippen LogP contribution is -2.38. The predicted octanol–water partition coefficient (Wildman–Crippen LogP) is 2.36. The van der Waals surface area contributed by atoms with E-state index in [1.54, 1.807) is 13.3 Å². The van der Waals surface area contributed by atoms with Gasteiger partial charge in [0.05, 0.1) is 20.2 Å².